The number of alkyl halides is 3. The lowest BCUT2D eigenvalue weighted by atomic mass is 10.3. The molecular formula is C15H14F3NO2S. The number of benzene rings is 1. The van der Waals surface area contributed by atoms with Gasteiger partial charge in [-0.1, -0.05) is 18.2 Å². The lowest BCUT2D eigenvalue weighted by Crippen LogP contribution is -2.40. The van der Waals surface area contributed by atoms with Gasteiger partial charge in [0.15, 0.2) is 6.61 Å². The first-order chi connectivity index (χ1) is 10.4. The fraction of sp³-hybridized carbons (Fsp3) is 0.267. The fourth-order valence-electron chi connectivity index (χ4n) is 1.80. The van der Waals surface area contributed by atoms with Crippen LogP contribution in [0, 0.1) is 0 Å². The van der Waals surface area contributed by atoms with E-state index in [1.54, 1.807) is 47.2 Å². The number of carbonyl (C=O) groups is 1. The second kappa shape index (κ2) is 7.31. The summed E-state index contributed by atoms with van der Waals surface area (Å²) in [5.74, 6) is -0.259. The maximum absolute atomic E-state index is 12.6. The number of carbonyl (C=O) groups excluding carboxylic acids is 1. The first-order valence-corrected chi connectivity index (χ1v) is 7.42. The zero-order chi connectivity index (χ0) is 16.0. The Morgan fingerprint density at radius 2 is 1.91 bits per heavy atom. The summed E-state index contributed by atoms with van der Waals surface area (Å²) < 4.78 is 43.1. The number of halogens is 3. The van der Waals surface area contributed by atoms with Crippen LogP contribution in [-0.4, -0.2) is 30.1 Å². The standard InChI is InChI=1S/C15H14F3NO2S/c16-15(17,18)11-19(8-12-6-7-22-10-12)14(20)9-21-13-4-2-1-3-5-13/h1-7,10H,8-9,11H2. The van der Waals surface area contributed by atoms with Gasteiger partial charge in [0.05, 0.1) is 0 Å². The predicted molar refractivity (Wildman–Crippen MR) is 77.7 cm³/mol. The van der Waals surface area contributed by atoms with Crippen molar-refractivity contribution in [2.75, 3.05) is 13.2 Å². The topological polar surface area (TPSA) is 29.5 Å². The molecule has 0 N–H and O–H groups in total. The zero-order valence-corrected chi connectivity index (χ0v) is 12.4. The van der Waals surface area contributed by atoms with Crippen LogP contribution in [-0.2, 0) is 11.3 Å². The van der Waals surface area contributed by atoms with E-state index in [2.05, 4.69) is 0 Å². The van der Waals surface area contributed by atoms with Gasteiger partial charge in [0, 0.05) is 6.54 Å². The maximum Gasteiger partial charge on any atom is 0.406 e. The second-order valence-corrected chi connectivity index (χ2v) is 5.38. The van der Waals surface area contributed by atoms with Gasteiger partial charge in [-0.3, -0.25) is 4.79 Å². The fourth-order valence-corrected chi connectivity index (χ4v) is 2.46. The highest BCUT2D eigenvalue weighted by Crippen LogP contribution is 2.19. The number of thiophene rings is 1. The molecule has 0 spiro atoms. The molecule has 2 rings (SSSR count). The summed E-state index contributed by atoms with van der Waals surface area (Å²) in [6.07, 6.45) is -4.45. The lowest BCUT2D eigenvalue weighted by molar-refractivity contribution is -0.163. The van der Waals surface area contributed by atoms with Crippen molar-refractivity contribution >= 4 is 17.2 Å². The highest BCUT2D eigenvalue weighted by molar-refractivity contribution is 7.07. The van der Waals surface area contributed by atoms with Gasteiger partial charge in [0.2, 0.25) is 0 Å². The smallest absolute Gasteiger partial charge is 0.406 e. The molecule has 0 aliphatic carbocycles. The number of hydrogen-bond donors (Lipinski definition) is 0. The van der Waals surface area contributed by atoms with Gasteiger partial charge in [-0.2, -0.15) is 24.5 Å². The Morgan fingerprint density at radius 3 is 2.50 bits per heavy atom. The van der Waals surface area contributed by atoms with Crippen LogP contribution in [0.3, 0.4) is 0 Å². The molecule has 7 heteroatoms. The molecule has 118 valence electrons. The molecule has 0 saturated carbocycles. The van der Waals surface area contributed by atoms with Gasteiger partial charge >= 0.3 is 6.18 Å². The van der Waals surface area contributed by atoms with Crippen molar-refractivity contribution in [3.63, 3.8) is 0 Å². The second-order valence-electron chi connectivity index (χ2n) is 4.60. The summed E-state index contributed by atoms with van der Waals surface area (Å²) in [5, 5.41) is 3.47. The quantitative estimate of drug-likeness (QED) is 0.808. The van der Waals surface area contributed by atoms with E-state index in [0.717, 1.165) is 4.90 Å². The lowest BCUT2D eigenvalue weighted by Gasteiger charge is -2.23. The molecule has 0 unspecified atom stereocenters. The van der Waals surface area contributed by atoms with Crippen molar-refractivity contribution in [3.8, 4) is 5.75 Å². The summed E-state index contributed by atoms with van der Waals surface area (Å²) in [6.45, 7) is -1.80. The first kappa shape index (κ1) is 16.4. The summed E-state index contributed by atoms with van der Waals surface area (Å²) in [5.41, 5.74) is 0.669. The van der Waals surface area contributed by atoms with Crippen LogP contribution < -0.4 is 4.74 Å². The summed E-state index contributed by atoms with van der Waals surface area (Å²) in [6, 6.07) is 10.2. The molecule has 0 atom stereocenters. The Hall–Kier alpha value is -2.02. The largest absolute Gasteiger partial charge is 0.484 e. The van der Waals surface area contributed by atoms with Gasteiger partial charge < -0.3 is 9.64 Å². The summed E-state index contributed by atoms with van der Waals surface area (Å²) in [7, 11) is 0. The van der Waals surface area contributed by atoms with E-state index in [1.165, 1.54) is 11.3 Å². The van der Waals surface area contributed by atoms with Crippen LogP contribution in [0.4, 0.5) is 13.2 Å². The molecule has 0 saturated heterocycles. The normalized spacial score (nSPS) is 11.2. The third kappa shape index (κ3) is 5.40. The van der Waals surface area contributed by atoms with Gasteiger partial charge in [-0.25, -0.2) is 0 Å². The highest BCUT2D eigenvalue weighted by atomic mass is 32.1. The third-order valence-electron chi connectivity index (χ3n) is 2.78. The summed E-state index contributed by atoms with van der Waals surface area (Å²) in [4.78, 5) is 12.8. The Kier molecular flexibility index (Phi) is 5.43. The minimum absolute atomic E-state index is 0.0833. The number of nitrogens with zero attached hydrogens (tertiary/aromatic N) is 1. The number of para-hydroxylation sites is 1. The minimum atomic E-state index is -4.45. The number of rotatable bonds is 6. The Morgan fingerprint density at radius 1 is 1.18 bits per heavy atom. The molecule has 0 bridgehead atoms. The first-order valence-electron chi connectivity index (χ1n) is 6.47. The van der Waals surface area contributed by atoms with E-state index in [9.17, 15) is 18.0 Å². The van der Waals surface area contributed by atoms with Crippen LogP contribution in [0.2, 0.25) is 0 Å². The molecule has 1 aromatic carbocycles. The minimum Gasteiger partial charge on any atom is -0.484 e. The molecule has 2 aromatic rings. The number of hydrogen-bond acceptors (Lipinski definition) is 3. The van der Waals surface area contributed by atoms with E-state index in [0.29, 0.717) is 11.3 Å². The zero-order valence-electron chi connectivity index (χ0n) is 11.5. The highest BCUT2D eigenvalue weighted by Gasteiger charge is 2.33. The van der Waals surface area contributed by atoms with E-state index >= 15 is 0 Å². The van der Waals surface area contributed by atoms with Crippen LogP contribution in [0.1, 0.15) is 5.56 Å². The van der Waals surface area contributed by atoms with Crippen LogP contribution >= 0.6 is 11.3 Å². The maximum atomic E-state index is 12.6. The van der Waals surface area contributed by atoms with Gasteiger partial charge in [-0.05, 0) is 34.5 Å². The molecule has 0 radical (unpaired) electrons. The molecule has 1 aromatic heterocycles. The third-order valence-corrected chi connectivity index (χ3v) is 3.51. The van der Waals surface area contributed by atoms with E-state index in [1.807, 2.05) is 0 Å². The van der Waals surface area contributed by atoms with Crippen molar-refractivity contribution in [2.45, 2.75) is 12.7 Å². The van der Waals surface area contributed by atoms with Crippen LogP contribution in [0.15, 0.2) is 47.2 Å². The number of amides is 1. The van der Waals surface area contributed by atoms with Crippen molar-refractivity contribution in [1.82, 2.24) is 4.90 Å². The molecule has 0 aliphatic rings. The molecule has 0 aliphatic heterocycles. The molecule has 1 heterocycles. The predicted octanol–water partition coefficient (Wildman–Crippen LogP) is 3.72. The molecular weight excluding hydrogens is 315 g/mol. The van der Waals surface area contributed by atoms with Gasteiger partial charge in [0.25, 0.3) is 5.91 Å². The van der Waals surface area contributed by atoms with Crippen LogP contribution in [0.5, 0.6) is 5.75 Å². The molecule has 3 nitrogen and oxygen atoms in total. The van der Waals surface area contributed by atoms with Gasteiger partial charge in [-0.15, -0.1) is 0 Å². The van der Waals surface area contributed by atoms with Crippen LogP contribution in [0.25, 0.3) is 0 Å². The SMILES string of the molecule is O=C(COc1ccccc1)N(Cc1ccsc1)CC(F)(F)F. The van der Waals surface area contributed by atoms with Crippen molar-refractivity contribution < 1.29 is 22.7 Å². The molecule has 0 fully saturated rings. The number of ether oxygens (including phenoxy) is 1. The summed E-state index contributed by atoms with van der Waals surface area (Å²) >= 11 is 1.37. The monoisotopic (exact) mass is 329 g/mol. The Bertz CT molecular complexity index is 585. The molecule has 22 heavy (non-hydrogen) atoms. The van der Waals surface area contributed by atoms with Crippen molar-refractivity contribution in [2.24, 2.45) is 0 Å². The van der Waals surface area contributed by atoms with E-state index < -0.39 is 25.2 Å². The Balaban J connectivity index is 1.98. The average Bonchev–Trinajstić information content (AvgIpc) is 2.97. The van der Waals surface area contributed by atoms with Crippen molar-refractivity contribution in [3.05, 3.63) is 52.7 Å². The van der Waals surface area contributed by atoms with Crippen molar-refractivity contribution in [1.29, 1.82) is 0 Å². The van der Waals surface area contributed by atoms with E-state index in [4.69, 9.17) is 4.74 Å². The average molecular weight is 329 g/mol. The molecule has 1 amide bonds. The Labute approximate surface area is 129 Å². The van der Waals surface area contributed by atoms with Gasteiger partial charge in [0.1, 0.15) is 12.3 Å². The van der Waals surface area contributed by atoms with E-state index in [-0.39, 0.29) is 6.54 Å².